The lowest BCUT2D eigenvalue weighted by molar-refractivity contribution is 0.0693. The third kappa shape index (κ3) is 4.64. The molecule has 4 aromatic rings. The summed E-state index contributed by atoms with van der Waals surface area (Å²) in [6.45, 7) is 4.13. The second kappa shape index (κ2) is 8.83. The highest BCUT2D eigenvalue weighted by Crippen LogP contribution is 2.23. The van der Waals surface area contributed by atoms with Gasteiger partial charge in [-0.15, -0.1) is 0 Å². The van der Waals surface area contributed by atoms with Crippen LogP contribution in [0.4, 0.5) is 0 Å². The molecule has 1 heterocycles. The van der Waals surface area contributed by atoms with E-state index in [1.54, 1.807) is 25.1 Å². The van der Waals surface area contributed by atoms with Gasteiger partial charge in [0.15, 0.2) is 0 Å². The Morgan fingerprint density at radius 1 is 0.839 bits per heavy atom. The second-order valence-electron chi connectivity index (χ2n) is 7.21. The molecule has 0 saturated heterocycles. The monoisotopic (exact) mass is 414 g/mol. The van der Waals surface area contributed by atoms with Crippen molar-refractivity contribution in [2.45, 2.75) is 27.1 Å². The number of fused-ring (bicyclic) bond motifs is 1. The third-order valence-corrected chi connectivity index (χ3v) is 4.99. The van der Waals surface area contributed by atoms with E-state index in [1.165, 1.54) is 0 Å². The summed E-state index contributed by atoms with van der Waals surface area (Å²) in [5, 5.41) is 9.47. The molecule has 0 spiro atoms. The molecule has 0 aliphatic heterocycles. The Morgan fingerprint density at radius 3 is 2.19 bits per heavy atom. The van der Waals surface area contributed by atoms with Crippen molar-refractivity contribution in [3.8, 4) is 11.5 Å². The first-order valence-electron chi connectivity index (χ1n) is 9.91. The van der Waals surface area contributed by atoms with Crippen molar-refractivity contribution < 1.29 is 19.4 Å². The molecule has 4 rings (SSSR count). The lowest BCUT2D eigenvalue weighted by Crippen LogP contribution is -2.08. The number of aromatic carboxylic acids is 1. The zero-order chi connectivity index (χ0) is 21.8. The molecule has 0 bridgehead atoms. The Labute approximate surface area is 180 Å². The Kier molecular flexibility index (Phi) is 5.80. The SMILES string of the molecule is Cc1cccc(COc2cccc(OCc3nc4ccccc4nc3C)c2)c1C(=O)O. The second-order valence-corrected chi connectivity index (χ2v) is 7.21. The van der Waals surface area contributed by atoms with Gasteiger partial charge in [0.2, 0.25) is 0 Å². The van der Waals surface area contributed by atoms with Crippen LogP contribution < -0.4 is 9.47 Å². The molecule has 0 unspecified atom stereocenters. The smallest absolute Gasteiger partial charge is 0.336 e. The van der Waals surface area contributed by atoms with Gasteiger partial charge in [0.25, 0.3) is 0 Å². The number of para-hydroxylation sites is 2. The molecule has 0 radical (unpaired) electrons. The molecule has 1 aromatic heterocycles. The molecule has 3 aromatic carbocycles. The number of ether oxygens (including phenoxy) is 2. The molecule has 0 aliphatic rings. The maximum atomic E-state index is 11.6. The van der Waals surface area contributed by atoms with Gasteiger partial charge in [-0.1, -0.05) is 36.4 Å². The molecule has 6 heteroatoms. The largest absolute Gasteiger partial charge is 0.489 e. The minimum atomic E-state index is -0.958. The molecule has 6 nitrogen and oxygen atoms in total. The van der Waals surface area contributed by atoms with Crippen molar-refractivity contribution in [3.05, 3.63) is 94.8 Å². The predicted octanol–water partition coefficient (Wildman–Crippen LogP) is 5.10. The van der Waals surface area contributed by atoms with Crippen molar-refractivity contribution in [3.63, 3.8) is 0 Å². The molecule has 0 fully saturated rings. The lowest BCUT2D eigenvalue weighted by atomic mass is 10.0. The molecule has 31 heavy (non-hydrogen) atoms. The summed E-state index contributed by atoms with van der Waals surface area (Å²) in [6.07, 6.45) is 0. The van der Waals surface area contributed by atoms with Gasteiger partial charge >= 0.3 is 5.97 Å². The molecule has 0 atom stereocenters. The standard InChI is InChI=1S/C25H22N2O4/c1-16-7-5-8-18(24(16)25(28)29)14-30-19-9-6-10-20(13-19)31-15-23-17(2)26-21-11-3-4-12-22(21)27-23/h3-13H,14-15H2,1-2H3,(H,28,29). The van der Waals surface area contributed by atoms with E-state index in [4.69, 9.17) is 9.47 Å². The number of aromatic nitrogens is 2. The molecular formula is C25H22N2O4. The number of carboxylic acid groups (broad SMARTS) is 1. The van der Waals surface area contributed by atoms with Crippen LogP contribution in [0.25, 0.3) is 11.0 Å². The van der Waals surface area contributed by atoms with E-state index in [0.29, 0.717) is 22.6 Å². The van der Waals surface area contributed by atoms with Crippen LogP contribution in [0.2, 0.25) is 0 Å². The van der Waals surface area contributed by atoms with Crippen LogP contribution >= 0.6 is 0 Å². The Morgan fingerprint density at radius 2 is 1.48 bits per heavy atom. The minimum Gasteiger partial charge on any atom is -0.489 e. The van der Waals surface area contributed by atoms with Crippen LogP contribution in [0.3, 0.4) is 0 Å². The van der Waals surface area contributed by atoms with Crippen molar-refractivity contribution in [2.75, 3.05) is 0 Å². The quantitative estimate of drug-likeness (QED) is 0.453. The zero-order valence-electron chi connectivity index (χ0n) is 17.3. The van der Waals surface area contributed by atoms with Crippen LogP contribution in [0.5, 0.6) is 11.5 Å². The number of rotatable bonds is 7. The number of nitrogens with zero attached hydrogens (tertiary/aromatic N) is 2. The van der Waals surface area contributed by atoms with E-state index in [1.807, 2.05) is 55.5 Å². The molecule has 1 N–H and O–H groups in total. The molecule has 0 saturated carbocycles. The number of carbonyl (C=O) groups is 1. The average Bonchev–Trinajstić information content (AvgIpc) is 2.76. The first-order valence-corrected chi connectivity index (χ1v) is 9.91. The summed E-state index contributed by atoms with van der Waals surface area (Å²) >= 11 is 0. The number of aryl methyl sites for hydroxylation is 2. The number of hydrogen-bond donors (Lipinski definition) is 1. The van der Waals surface area contributed by atoms with E-state index in [2.05, 4.69) is 9.97 Å². The first-order chi connectivity index (χ1) is 15.0. The summed E-state index contributed by atoms with van der Waals surface area (Å²) in [4.78, 5) is 20.8. The highest BCUT2D eigenvalue weighted by Gasteiger charge is 2.13. The summed E-state index contributed by atoms with van der Waals surface area (Å²) in [5.74, 6) is 0.270. The summed E-state index contributed by atoms with van der Waals surface area (Å²) in [6, 6.07) is 20.4. The van der Waals surface area contributed by atoms with Gasteiger partial charge < -0.3 is 14.6 Å². The van der Waals surface area contributed by atoms with E-state index >= 15 is 0 Å². The number of carboxylic acids is 1. The van der Waals surface area contributed by atoms with Gasteiger partial charge in [-0.05, 0) is 43.7 Å². The van der Waals surface area contributed by atoms with Crippen molar-refractivity contribution in [1.82, 2.24) is 9.97 Å². The van der Waals surface area contributed by atoms with Gasteiger partial charge in [-0.3, -0.25) is 0 Å². The van der Waals surface area contributed by atoms with Crippen molar-refractivity contribution in [2.24, 2.45) is 0 Å². The lowest BCUT2D eigenvalue weighted by Gasteiger charge is -2.12. The van der Waals surface area contributed by atoms with Crippen LogP contribution in [0.15, 0.2) is 66.7 Å². The molecule has 0 aliphatic carbocycles. The fourth-order valence-electron chi connectivity index (χ4n) is 3.38. The highest BCUT2D eigenvalue weighted by molar-refractivity contribution is 5.91. The molecule has 156 valence electrons. The Bertz CT molecular complexity index is 1250. The fraction of sp³-hybridized carbons (Fsp3) is 0.160. The normalized spacial score (nSPS) is 10.8. The van der Waals surface area contributed by atoms with Crippen molar-refractivity contribution >= 4 is 17.0 Å². The van der Waals surface area contributed by atoms with E-state index in [0.717, 1.165) is 22.4 Å². The van der Waals surface area contributed by atoms with Gasteiger partial charge in [0.05, 0.1) is 28.0 Å². The first kappa shape index (κ1) is 20.3. The molecule has 0 amide bonds. The van der Waals surface area contributed by atoms with Crippen molar-refractivity contribution in [1.29, 1.82) is 0 Å². The maximum Gasteiger partial charge on any atom is 0.336 e. The summed E-state index contributed by atoms with van der Waals surface area (Å²) in [7, 11) is 0. The fourth-order valence-corrected chi connectivity index (χ4v) is 3.38. The van der Waals surface area contributed by atoms with Gasteiger partial charge in [-0.2, -0.15) is 0 Å². The van der Waals surface area contributed by atoms with Gasteiger partial charge in [0, 0.05) is 11.6 Å². The average molecular weight is 414 g/mol. The van der Waals surface area contributed by atoms with Crippen LogP contribution in [-0.4, -0.2) is 21.0 Å². The Hall–Kier alpha value is -3.93. The molecular weight excluding hydrogens is 392 g/mol. The van der Waals surface area contributed by atoms with Crippen LogP contribution in [0.1, 0.15) is 32.9 Å². The zero-order valence-corrected chi connectivity index (χ0v) is 17.3. The highest BCUT2D eigenvalue weighted by atomic mass is 16.5. The van der Waals surface area contributed by atoms with Gasteiger partial charge in [-0.25, -0.2) is 14.8 Å². The van der Waals surface area contributed by atoms with Crippen LogP contribution in [-0.2, 0) is 13.2 Å². The van der Waals surface area contributed by atoms with E-state index in [9.17, 15) is 9.90 Å². The topological polar surface area (TPSA) is 81.5 Å². The maximum absolute atomic E-state index is 11.6. The number of benzene rings is 3. The Balaban J connectivity index is 1.45. The third-order valence-electron chi connectivity index (χ3n) is 4.99. The number of hydrogen-bond acceptors (Lipinski definition) is 5. The van der Waals surface area contributed by atoms with E-state index < -0.39 is 5.97 Å². The summed E-state index contributed by atoms with van der Waals surface area (Å²) in [5.41, 5.74) is 4.90. The van der Waals surface area contributed by atoms with Crippen LogP contribution in [0, 0.1) is 13.8 Å². The minimum absolute atomic E-state index is 0.155. The van der Waals surface area contributed by atoms with Gasteiger partial charge in [0.1, 0.15) is 24.7 Å². The summed E-state index contributed by atoms with van der Waals surface area (Å²) < 4.78 is 11.8. The van der Waals surface area contributed by atoms with E-state index in [-0.39, 0.29) is 18.8 Å². The predicted molar refractivity (Wildman–Crippen MR) is 118 cm³/mol.